The van der Waals surface area contributed by atoms with Gasteiger partial charge in [-0.15, -0.1) is 0 Å². The maximum atomic E-state index is 10.8. The molecule has 0 amide bonds. The van der Waals surface area contributed by atoms with Crippen molar-refractivity contribution in [3.05, 3.63) is 35.4 Å². The summed E-state index contributed by atoms with van der Waals surface area (Å²) >= 11 is 0. The predicted molar refractivity (Wildman–Crippen MR) is 76.3 cm³/mol. The third-order valence-corrected chi connectivity index (χ3v) is 4.41. The first-order chi connectivity index (χ1) is 9.08. The highest BCUT2D eigenvalue weighted by Crippen LogP contribution is 2.30. The first-order valence-electron chi connectivity index (χ1n) is 7.10. The molecule has 1 aliphatic carbocycles. The van der Waals surface area contributed by atoms with E-state index in [4.69, 9.17) is 5.11 Å². The molecule has 0 bridgehead atoms. The lowest BCUT2D eigenvalue weighted by Gasteiger charge is -2.29. The van der Waals surface area contributed by atoms with Crippen LogP contribution in [0.15, 0.2) is 24.3 Å². The molecule has 0 heterocycles. The van der Waals surface area contributed by atoms with Gasteiger partial charge in [0.1, 0.15) is 0 Å². The number of carboxylic acid groups (broad SMARTS) is 1. The van der Waals surface area contributed by atoms with Gasteiger partial charge in [-0.3, -0.25) is 4.90 Å². The van der Waals surface area contributed by atoms with Crippen LogP contribution in [-0.2, 0) is 6.54 Å². The third kappa shape index (κ3) is 3.57. The van der Waals surface area contributed by atoms with Gasteiger partial charge in [-0.1, -0.05) is 25.0 Å². The molecule has 0 aliphatic heterocycles. The summed E-state index contributed by atoms with van der Waals surface area (Å²) in [5, 5.41) is 8.88. The van der Waals surface area contributed by atoms with E-state index in [2.05, 4.69) is 18.9 Å². The van der Waals surface area contributed by atoms with E-state index in [-0.39, 0.29) is 0 Å². The molecule has 19 heavy (non-hydrogen) atoms. The van der Waals surface area contributed by atoms with Crippen molar-refractivity contribution in [3.8, 4) is 0 Å². The number of rotatable bonds is 5. The van der Waals surface area contributed by atoms with Crippen molar-refractivity contribution in [1.82, 2.24) is 4.90 Å². The van der Waals surface area contributed by atoms with E-state index in [1.165, 1.54) is 31.2 Å². The normalized spacial score (nSPS) is 17.8. The molecule has 0 aromatic heterocycles. The molecular weight excluding hydrogens is 238 g/mol. The Kier molecular flexibility index (Phi) is 4.59. The van der Waals surface area contributed by atoms with Crippen LogP contribution in [0.2, 0.25) is 0 Å². The predicted octanol–water partition coefficient (Wildman–Crippen LogP) is 3.40. The Morgan fingerprint density at radius 1 is 1.32 bits per heavy atom. The second-order valence-corrected chi connectivity index (χ2v) is 5.70. The summed E-state index contributed by atoms with van der Waals surface area (Å²) in [6.45, 7) is 3.19. The van der Waals surface area contributed by atoms with Crippen molar-refractivity contribution < 1.29 is 9.90 Å². The van der Waals surface area contributed by atoms with Crippen LogP contribution in [0.5, 0.6) is 0 Å². The Morgan fingerprint density at radius 2 is 1.89 bits per heavy atom. The van der Waals surface area contributed by atoms with Gasteiger partial charge in [0.05, 0.1) is 5.56 Å². The average molecular weight is 261 g/mol. The minimum Gasteiger partial charge on any atom is -0.478 e. The molecule has 1 unspecified atom stereocenters. The topological polar surface area (TPSA) is 40.5 Å². The van der Waals surface area contributed by atoms with Gasteiger partial charge >= 0.3 is 5.97 Å². The minimum absolute atomic E-state index is 0.357. The van der Waals surface area contributed by atoms with E-state index < -0.39 is 5.97 Å². The van der Waals surface area contributed by atoms with Crippen molar-refractivity contribution >= 4 is 5.97 Å². The van der Waals surface area contributed by atoms with Crippen LogP contribution in [0.1, 0.15) is 48.5 Å². The van der Waals surface area contributed by atoms with Crippen molar-refractivity contribution in [1.29, 1.82) is 0 Å². The number of hydrogen-bond donors (Lipinski definition) is 1. The standard InChI is InChI=1S/C16H23NO2/c1-12(14-5-3-4-6-14)17(2)11-13-7-9-15(10-8-13)16(18)19/h7-10,12,14H,3-6,11H2,1-2H3,(H,18,19). The lowest BCUT2D eigenvalue weighted by Crippen LogP contribution is -2.34. The largest absolute Gasteiger partial charge is 0.478 e. The molecule has 0 spiro atoms. The van der Waals surface area contributed by atoms with Crippen molar-refractivity contribution in [2.45, 2.75) is 45.2 Å². The fourth-order valence-electron chi connectivity index (χ4n) is 2.98. The molecule has 104 valence electrons. The Balaban J connectivity index is 1.94. The van der Waals surface area contributed by atoms with Crippen LogP contribution < -0.4 is 0 Å². The highest BCUT2D eigenvalue weighted by molar-refractivity contribution is 5.87. The van der Waals surface area contributed by atoms with Crippen LogP contribution >= 0.6 is 0 Å². The van der Waals surface area contributed by atoms with E-state index in [0.29, 0.717) is 11.6 Å². The number of aromatic carboxylic acids is 1. The van der Waals surface area contributed by atoms with Gasteiger partial charge in [0.25, 0.3) is 0 Å². The molecule has 1 saturated carbocycles. The third-order valence-electron chi connectivity index (χ3n) is 4.41. The van der Waals surface area contributed by atoms with Gasteiger partial charge in [-0.2, -0.15) is 0 Å². The van der Waals surface area contributed by atoms with Crippen LogP contribution in [0.4, 0.5) is 0 Å². The summed E-state index contributed by atoms with van der Waals surface area (Å²) in [6, 6.07) is 7.81. The second kappa shape index (κ2) is 6.20. The molecule has 1 fully saturated rings. The van der Waals surface area contributed by atoms with Crippen molar-refractivity contribution in [2.75, 3.05) is 7.05 Å². The van der Waals surface area contributed by atoms with E-state index in [1.54, 1.807) is 12.1 Å². The number of benzene rings is 1. The average Bonchev–Trinajstić information content (AvgIpc) is 2.92. The molecule has 0 saturated heterocycles. The first-order valence-corrected chi connectivity index (χ1v) is 7.10. The van der Waals surface area contributed by atoms with Gasteiger partial charge in [-0.25, -0.2) is 4.79 Å². The summed E-state index contributed by atoms with van der Waals surface area (Å²) < 4.78 is 0. The maximum Gasteiger partial charge on any atom is 0.335 e. The zero-order chi connectivity index (χ0) is 13.8. The molecular formula is C16H23NO2. The van der Waals surface area contributed by atoms with Crippen LogP contribution in [0.3, 0.4) is 0 Å². The zero-order valence-electron chi connectivity index (χ0n) is 11.8. The Hall–Kier alpha value is -1.35. The van der Waals surface area contributed by atoms with Gasteiger partial charge in [0, 0.05) is 12.6 Å². The quantitative estimate of drug-likeness (QED) is 0.883. The zero-order valence-corrected chi connectivity index (χ0v) is 11.8. The maximum absolute atomic E-state index is 10.8. The van der Waals surface area contributed by atoms with E-state index in [0.717, 1.165) is 12.5 Å². The number of carbonyl (C=O) groups is 1. The minimum atomic E-state index is -0.862. The van der Waals surface area contributed by atoms with E-state index in [9.17, 15) is 4.79 Å². The summed E-state index contributed by atoms with van der Waals surface area (Å²) in [5.41, 5.74) is 1.53. The molecule has 1 N–H and O–H groups in total. The fraction of sp³-hybridized carbons (Fsp3) is 0.562. The summed E-state index contributed by atoms with van der Waals surface area (Å²) in [6.07, 6.45) is 5.44. The monoisotopic (exact) mass is 261 g/mol. The Bertz CT molecular complexity index is 421. The van der Waals surface area contributed by atoms with E-state index >= 15 is 0 Å². The Labute approximate surface area is 115 Å². The number of carboxylic acids is 1. The molecule has 0 radical (unpaired) electrons. The van der Waals surface area contributed by atoms with Gasteiger partial charge in [-0.05, 0) is 50.4 Å². The van der Waals surface area contributed by atoms with Crippen molar-refractivity contribution in [2.24, 2.45) is 5.92 Å². The SMILES string of the molecule is CC(C1CCCC1)N(C)Cc1ccc(C(=O)O)cc1. The number of nitrogens with zero attached hydrogens (tertiary/aromatic N) is 1. The summed E-state index contributed by atoms with van der Waals surface area (Å²) in [4.78, 5) is 13.2. The molecule has 1 atom stereocenters. The first kappa shape index (κ1) is 14.1. The Morgan fingerprint density at radius 3 is 2.42 bits per heavy atom. The van der Waals surface area contributed by atoms with E-state index in [1.807, 2.05) is 12.1 Å². The molecule has 1 aromatic carbocycles. The van der Waals surface area contributed by atoms with Crippen LogP contribution in [0, 0.1) is 5.92 Å². The van der Waals surface area contributed by atoms with Gasteiger partial charge < -0.3 is 5.11 Å². The smallest absolute Gasteiger partial charge is 0.335 e. The second-order valence-electron chi connectivity index (χ2n) is 5.70. The molecule has 3 heteroatoms. The van der Waals surface area contributed by atoms with Crippen molar-refractivity contribution in [3.63, 3.8) is 0 Å². The van der Waals surface area contributed by atoms with Gasteiger partial charge in [0.2, 0.25) is 0 Å². The lowest BCUT2D eigenvalue weighted by atomic mass is 9.98. The summed E-state index contributed by atoms with van der Waals surface area (Å²) in [7, 11) is 2.16. The molecule has 3 nitrogen and oxygen atoms in total. The highest BCUT2D eigenvalue weighted by Gasteiger charge is 2.24. The summed E-state index contributed by atoms with van der Waals surface area (Å²) in [5.74, 6) is -0.0393. The number of hydrogen-bond acceptors (Lipinski definition) is 2. The van der Waals surface area contributed by atoms with Crippen LogP contribution in [0.25, 0.3) is 0 Å². The lowest BCUT2D eigenvalue weighted by molar-refractivity contribution is 0.0697. The molecule has 2 rings (SSSR count). The van der Waals surface area contributed by atoms with Crippen LogP contribution in [-0.4, -0.2) is 29.1 Å². The molecule has 1 aromatic rings. The highest BCUT2D eigenvalue weighted by atomic mass is 16.4. The van der Waals surface area contributed by atoms with Gasteiger partial charge in [0.15, 0.2) is 0 Å². The molecule has 1 aliphatic rings. The fourth-order valence-corrected chi connectivity index (χ4v) is 2.98.